The Balaban J connectivity index is 1.86. The normalized spacial score (nSPS) is 13.7. The molecule has 0 amide bonds. The highest BCUT2D eigenvalue weighted by atomic mass is 127. The van der Waals surface area contributed by atoms with Crippen molar-refractivity contribution in [1.29, 1.82) is 0 Å². The summed E-state index contributed by atoms with van der Waals surface area (Å²) in [4.78, 5) is 41.2. The lowest BCUT2D eigenvalue weighted by Crippen LogP contribution is -2.41. The number of rotatable bonds is 7. The third-order valence-electron chi connectivity index (χ3n) is 6.77. The van der Waals surface area contributed by atoms with Gasteiger partial charge in [0.2, 0.25) is 0 Å². The van der Waals surface area contributed by atoms with Crippen molar-refractivity contribution >= 4 is 60.9 Å². The van der Waals surface area contributed by atoms with E-state index < -0.39 is 32.8 Å². The van der Waals surface area contributed by atoms with E-state index in [1.54, 1.807) is 18.2 Å². The second kappa shape index (κ2) is 10.2. The van der Waals surface area contributed by atoms with Gasteiger partial charge < -0.3 is 5.32 Å². The van der Waals surface area contributed by atoms with Crippen LogP contribution in [0.2, 0.25) is 0 Å². The van der Waals surface area contributed by atoms with Gasteiger partial charge in [0, 0.05) is 36.3 Å². The van der Waals surface area contributed by atoms with E-state index in [9.17, 15) is 27.2 Å². The van der Waals surface area contributed by atoms with E-state index >= 15 is 0 Å². The summed E-state index contributed by atoms with van der Waals surface area (Å²) in [7, 11) is 0.368. The zero-order chi connectivity index (χ0) is 29.1. The lowest BCUT2D eigenvalue weighted by molar-refractivity contribution is 0.527. The largest absolute Gasteiger partial charge is 0.338 e. The van der Waals surface area contributed by atoms with Gasteiger partial charge in [-0.15, -0.1) is 0 Å². The minimum Gasteiger partial charge on any atom is -0.338 e. The molecule has 2 aromatic carbocycles. The third-order valence-corrected chi connectivity index (χ3v) is 8.90. The number of fused-ring (bicyclic) bond motifs is 1. The molecule has 0 bridgehead atoms. The van der Waals surface area contributed by atoms with Gasteiger partial charge in [0.15, 0.2) is 0 Å². The van der Waals surface area contributed by atoms with Crippen LogP contribution in [0.4, 0.5) is 21.6 Å². The van der Waals surface area contributed by atoms with E-state index in [1.807, 2.05) is 22.6 Å². The molecule has 2 heterocycles. The van der Waals surface area contributed by atoms with Crippen LogP contribution < -0.4 is 26.8 Å². The first-order valence-corrected chi connectivity index (χ1v) is 14.8. The SMILES string of the molecule is Cc1c(=O)n(C)c(Nc2ccc(I)cc2F)c2c(=O)n(C3CC3)c(=O)n(-c3cccc(NS(=O)(=O)N(C)C)c3)c12. The molecule has 0 spiro atoms. The maximum atomic E-state index is 14.9. The van der Waals surface area contributed by atoms with Gasteiger partial charge in [0.1, 0.15) is 17.0 Å². The van der Waals surface area contributed by atoms with Crippen LogP contribution in [0.3, 0.4) is 0 Å². The topological polar surface area (TPSA) is 127 Å². The van der Waals surface area contributed by atoms with E-state index in [2.05, 4.69) is 10.0 Å². The number of aromatic nitrogens is 3. The van der Waals surface area contributed by atoms with Crippen LogP contribution in [0, 0.1) is 16.3 Å². The van der Waals surface area contributed by atoms with Crippen molar-refractivity contribution in [2.24, 2.45) is 7.05 Å². The molecule has 5 rings (SSSR count). The molecule has 0 atom stereocenters. The summed E-state index contributed by atoms with van der Waals surface area (Å²) in [6, 6.07) is 10.3. The molecule has 1 aliphatic rings. The average Bonchev–Trinajstić information content (AvgIpc) is 3.71. The second-order valence-corrected chi connectivity index (χ2v) is 12.9. The lowest BCUT2D eigenvalue weighted by atomic mass is 10.1. The highest BCUT2D eigenvalue weighted by Crippen LogP contribution is 2.34. The van der Waals surface area contributed by atoms with Crippen LogP contribution in [0.25, 0.3) is 16.6 Å². The molecule has 1 aliphatic carbocycles. The van der Waals surface area contributed by atoms with Crippen molar-refractivity contribution in [3.05, 3.63) is 88.6 Å². The molecule has 0 saturated heterocycles. The number of benzene rings is 2. The van der Waals surface area contributed by atoms with Crippen molar-refractivity contribution in [3.63, 3.8) is 0 Å². The van der Waals surface area contributed by atoms with Gasteiger partial charge in [-0.2, -0.15) is 12.7 Å². The van der Waals surface area contributed by atoms with Gasteiger partial charge in [-0.05, 0) is 78.8 Å². The van der Waals surface area contributed by atoms with Gasteiger partial charge in [-0.3, -0.25) is 28.0 Å². The Labute approximate surface area is 242 Å². The number of nitrogens with one attached hydrogen (secondary N) is 2. The van der Waals surface area contributed by atoms with E-state index in [0.29, 0.717) is 16.4 Å². The molecular weight excluding hydrogens is 654 g/mol. The fourth-order valence-corrected chi connectivity index (χ4v) is 5.58. The van der Waals surface area contributed by atoms with Crippen molar-refractivity contribution in [3.8, 4) is 5.69 Å². The van der Waals surface area contributed by atoms with E-state index in [1.165, 1.54) is 61.5 Å². The van der Waals surface area contributed by atoms with Crippen LogP contribution in [-0.2, 0) is 17.3 Å². The lowest BCUT2D eigenvalue weighted by Gasteiger charge is -2.21. The van der Waals surface area contributed by atoms with Gasteiger partial charge in [-0.25, -0.2) is 9.18 Å². The molecule has 11 nitrogen and oxygen atoms in total. The van der Waals surface area contributed by atoms with Crippen LogP contribution in [-0.4, -0.2) is 40.5 Å². The molecule has 14 heteroatoms. The van der Waals surface area contributed by atoms with Crippen LogP contribution in [0.5, 0.6) is 0 Å². The smallest absolute Gasteiger partial charge is 0.336 e. The number of hydrogen-bond acceptors (Lipinski definition) is 6. The van der Waals surface area contributed by atoms with Crippen LogP contribution in [0.1, 0.15) is 24.4 Å². The number of halogens is 2. The Bertz CT molecular complexity index is 1980. The summed E-state index contributed by atoms with van der Waals surface area (Å²) in [6.45, 7) is 1.51. The molecule has 4 aromatic rings. The summed E-state index contributed by atoms with van der Waals surface area (Å²) >= 11 is 1.98. The van der Waals surface area contributed by atoms with Crippen molar-refractivity contribution in [2.75, 3.05) is 24.1 Å². The van der Waals surface area contributed by atoms with E-state index in [4.69, 9.17) is 0 Å². The first kappa shape index (κ1) is 28.0. The minimum atomic E-state index is -3.85. The summed E-state index contributed by atoms with van der Waals surface area (Å²) < 4.78 is 47.5. The van der Waals surface area contributed by atoms with Gasteiger partial charge in [-0.1, -0.05) is 6.07 Å². The number of anilines is 3. The van der Waals surface area contributed by atoms with Gasteiger partial charge in [0.25, 0.3) is 11.1 Å². The molecule has 2 aromatic heterocycles. The van der Waals surface area contributed by atoms with Gasteiger partial charge >= 0.3 is 15.9 Å². The Hall–Kier alpha value is -3.50. The maximum absolute atomic E-state index is 14.9. The third kappa shape index (κ3) is 4.83. The highest BCUT2D eigenvalue weighted by molar-refractivity contribution is 14.1. The molecular formula is C26H26FIN6O5S. The van der Waals surface area contributed by atoms with Crippen LogP contribution in [0.15, 0.2) is 56.8 Å². The predicted octanol–water partition coefficient (Wildman–Crippen LogP) is 3.20. The maximum Gasteiger partial charge on any atom is 0.336 e. The summed E-state index contributed by atoms with van der Waals surface area (Å²) in [5.74, 6) is -0.548. The highest BCUT2D eigenvalue weighted by Gasteiger charge is 2.31. The predicted molar refractivity (Wildman–Crippen MR) is 161 cm³/mol. The zero-order valence-corrected chi connectivity index (χ0v) is 25.0. The van der Waals surface area contributed by atoms with E-state index in [-0.39, 0.29) is 45.4 Å². The van der Waals surface area contributed by atoms with Crippen LogP contribution >= 0.6 is 22.6 Å². The quantitative estimate of drug-likeness (QED) is 0.289. The number of nitrogens with zero attached hydrogens (tertiary/aromatic N) is 4. The van der Waals surface area contributed by atoms with Gasteiger partial charge in [0.05, 0.1) is 22.6 Å². The summed E-state index contributed by atoms with van der Waals surface area (Å²) in [5, 5.41) is 2.95. The second-order valence-electron chi connectivity index (χ2n) is 9.77. The number of hydrogen-bond donors (Lipinski definition) is 2. The van der Waals surface area contributed by atoms with Crippen molar-refractivity contribution in [2.45, 2.75) is 25.8 Å². The average molecular weight is 681 g/mol. The molecule has 210 valence electrons. The molecule has 0 unspecified atom stereocenters. The summed E-state index contributed by atoms with van der Waals surface area (Å²) in [6.07, 6.45) is 1.26. The monoisotopic (exact) mass is 680 g/mol. The molecule has 2 N–H and O–H groups in total. The minimum absolute atomic E-state index is 0.0309. The fourth-order valence-electron chi connectivity index (χ4n) is 4.52. The Morgan fingerprint density at radius 1 is 1.05 bits per heavy atom. The molecule has 0 radical (unpaired) electrons. The fraction of sp³-hybridized carbons (Fsp3) is 0.269. The number of aryl methyl sites for hydroxylation is 1. The molecule has 0 aliphatic heterocycles. The Morgan fingerprint density at radius 2 is 1.75 bits per heavy atom. The first-order chi connectivity index (χ1) is 18.8. The molecule has 40 heavy (non-hydrogen) atoms. The van der Waals surface area contributed by atoms with Crippen molar-refractivity contribution in [1.82, 2.24) is 18.0 Å². The van der Waals surface area contributed by atoms with Crippen molar-refractivity contribution < 1.29 is 12.8 Å². The standard InChI is InChI=1S/C26H26FIN6O5S/c1-14-22-21(23(32(4)24(14)35)29-20-11-8-15(28)12-19(20)27)25(36)34(17-9-10-17)26(37)33(22)18-7-5-6-16(13-18)30-40(38,39)31(2)3/h5-8,11-13,17,29-30H,9-10H2,1-4H3. The molecule has 1 saturated carbocycles. The zero-order valence-electron chi connectivity index (χ0n) is 22.0. The number of pyridine rings is 1. The summed E-state index contributed by atoms with van der Waals surface area (Å²) in [5.41, 5.74) is -1.11. The Kier molecular flexibility index (Phi) is 7.12. The Morgan fingerprint density at radius 3 is 2.38 bits per heavy atom. The van der Waals surface area contributed by atoms with E-state index in [0.717, 1.165) is 8.87 Å². The molecule has 1 fully saturated rings. The first-order valence-electron chi connectivity index (χ1n) is 12.3.